The molecule has 146 valence electrons. The van der Waals surface area contributed by atoms with Gasteiger partial charge in [0.15, 0.2) is 0 Å². The maximum atomic E-state index is 13.0. The minimum Gasteiger partial charge on any atom is -0.455 e. The van der Waals surface area contributed by atoms with Gasteiger partial charge in [-0.3, -0.25) is 15.5 Å². The Morgan fingerprint density at radius 2 is 2.14 bits per heavy atom. The highest BCUT2D eigenvalue weighted by Crippen LogP contribution is 2.26. The zero-order valence-corrected chi connectivity index (χ0v) is 15.8. The third-order valence-electron chi connectivity index (χ3n) is 4.26. The van der Waals surface area contributed by atoms with E-state index >= 15 is 0 Å². The number of hydrazone groups is 1. The van der Waals surface area contributed by atoms with Crippen molar-refractivity contribution in [3.63, 3.8) is 0 Å². The smallest absolute Gasteiger partial charge is 0.235 e. The molecule has 1 aliphatic rings. The lowest BCUT2D eigenvalue weighted by Crippen LogP contribution is -2.17. The van der Waals surface area contributed by atoms with Gasteiger partial charge in [-0.25, -0.2) is 9.37 Å². The number of aromatic nitrogens is 1. The predicted octanol–water partition coefficient (Wildman–Crippen LogP) is 4.98. The lowest BCUT2D eigenvalue weighted by molar-refractivity contribution is -0.508. The molecule has 0 bridgehead atoms. The highest BCUT2D eigenvalue weighted by atomic mass is 32.1. The molecule has 9 heteroatoms. The van der Waals surface area contributed by atoms with Crippen molar-refractivity contribution in [2.75, 3.05) is 5.43 Å². The van der Waals surface area contributed by atoms with Gasteiger partial charge in [0.25, 0.3) is 0 Å². The van der Waals surface area contributed by atoms with Crippen LogP contribution in [0.4, 0.5) is 9.52 Å². The fourth-order valence-electron chi connectivity index (χ4n) is 2.75. The lowest BCUT2D eigenvalue weighted by Gasteiger charge is -2.08. The van der Waals surface area contributed by atoms with Gasteiger partial charge in [-0.2, -0.15) is 5.10 Å². The van der Waals surface area contributed by atoms with E-state index in [4.69, 9.17) is 4.42 Å². The van der Waals surface area contributed by atoms with Crippen molar-refractivity contribution in [1.82, 2.24) is 4.98 Å². The summed E-state index contributed by atoms with van der Waals surface area (Å²) in [5.41, 5.74) is 5.20. The molecule has 4 rings (SSSR count). The average molecular weight is 410 g/mol. The fraction of sp³-hybridized carbons (Fsp3) is 0.100. The second-order valence-electron chi connectivity index (χ2n) is 6.22. The van der Waals surface area contributed by atoms with Crippen LogP contribution in [0.5, 0.6) is 0 Å². The van der Waals surface area contributed by atoms with Gasteiger partial charge in [-0.15, -0.1) is 11.3 Å². The number of hydrogen-bond donors (Lipinski definition) is 1. The van der Waals surface area contributed by atoms with Crippen molar-refractivity contribution in [1.29, 1.82) is 0 Å². The standard InChI is InChI=1S/C20H15FN4O3S/c21-15-5-1-13(2-6-15)18-12-29-20(23-18)24-22-11-17-9-10-19(28-17)14-3-7-16(8-4-14)25(26)27/h1-7,9-12,16H,8H2,(H,23,24)/b22-11+. The number of allylic oxidation sites excluding steroid dienone is 2. The minimum absolute atomic E-state index is 0.290. The number of nitrogens with zero attached hydrogens (tertiary/aromatic N) is 3. The second-order valence-corrected chi connectivity index (χ2v) is 7.08. The van der Waals surface area contributed by atoms with E-state index in [0.717, 1.165) is 16.8 Å². The molecule has 0 aliphatic heterocycles. The molecule has 29 heavy (non-hydrogen) atoms. The van der Waals surface area contributed by atoms with Crippen molar-refractivity contribution in [2.24, 2.45) is 5.10 Å². The fourth-order valence-corrected chi connectivity index (χ4v) is 3.42. The zero-order valence-electron chi connectivity index (χ0n) is 15.0. The normalized spacial score (nSPS) is 16.2. The zero-order chi connectivity index (χ0) is 20.2. The Hall–Kier alpha value is -3.59. The van der Waals surface area contributed by atoms with E-state index in [2.05, 4.69) is 15.5 Å². The van der Waals surface area contributed by atoms with Crippen molar-refractivity contribution in [3.8, 4) is 11.3 Å². The van der Waals surface area contributed by atoms with Gasteiger partial charge in [0, 0.05) is 27.9 Å². The Balaban J connectivity index is 1.37. The van der Waals surface area contributed by atoms with Crippen LogP contribution in [-0.2, 0) is 0 Å². The molecule has 1 aromatic carbocycles. The summed E-state index contributed by atoms with van der Waals surface area (Å²) in [4.78, 5) is 14.9. The molecular formula is C20H15FN4O3S. The quantitative estimate of drug-likeness (QED) is 0.351. The van der Waals surface area contributed by atoms with Gasteiger partial charge in [-0.05, 0) is 48.6 Å². The second kappa shape index (κ2) is 8.19. The van der Waals surface area contributed by atoms with Crippen LogP contribution in [0.1, 0.15) is 17.9 Å². The maximum absolute atomic E-state index is 13.0. The number of nitro groups is 1. The molecule has 1 N–H and O–H groups in total. The molecule has 0 fully saturated rings. The van der Waals surface area contributed by atoms with Gasteiger partial charge in [0.05, 0.1) is 11.9 Å². The maximum Gasteiger partial charge on any atom is 0.235 e. The predicted molar refractivity (Wildman–Crippen MR) is 110 cm³/mol. The SMILES string of the molecule is O=[N+]([O-])C1C=CC(c2ccc(/C=N/Nc3nc(-c4ccc(F)cc4)cs3)o2)=CC1. The van der Waals surface area contributed by atoms with Crippen LogP contribution < -0.4 is 5.43 Å². The van der Waals surface area contributed by atoms with Crippen molar-refractivity contribution < 1.29 is 13.7 Å². The summed E-state index contributed by atoms with van der Waals surface area (Å²) in [5, 5.41) is 17.4. The minimum atomic E-state index is -0.683. The molecular weight excluding hydrogens is 395 g/mol. The van der Waals surface area contributed by atoms with Crippen LogP contribution in [-0.4, -0.2) is 22.2 Å². The van der Waals surface area contributed by atoms with E-state index in [1.807, 2.05) is 5.38 Å². The van der Waals surface area contributed by atoms with Crippen molar-refractivity contribution in [2.45, 2.75) is 12.5 Å². The van der Waals surface area contributed by atoms with Gasteiger partial charge in [-0.1, -0.05) is 6.08 Å². The number of halogens is 1. The van der Waals surface area contributed by atoms with Crippen LogP contribution >= 0.6 is 11.3 Å². The molecule has 0 saturated heterocycles. The van der Waals surface area contributed by atoms with Crippen LogP contribution in [0.3, 0.4) is 0 Å². The highest BCUT2D eigenvalue weighted by Gasteiger charge is 2.19. The highest BCUT2D eigenvalue weighted by molar-refractivity contribution is 7.14. The number of furan rings is 1. The van der Waals surface area contributed by atoms with Crippen LogP contribution in [0.15, 0.2) is 69.5 Å². The molecule has 0 radical (unpaired) electrons. The third-order valence-corrected chi connectivity index (χ3v) is 5.00. The molecule has 1 aliphatic carbocycles. The number of rotatable bonds is 6. The molecule has 1 atom stereocenters. The molecule has 7 nitrogen and oxygen atoms in total. The summed E-state index contributed by atoms with van der Waals surface area (Å²) in [6.45, 7) is 0. The molecule has 1 unspecified atom stereocenters. The third kappa shape index (κ3) is 4.46. The summed E-state index contributed by atoms with van der Waals surface area (Å²) in [6.07, 6.45) is 6.91. The number of hydrogen-bond acceptors (Lipinski definition) is 7. The van der Waals surface area contributed by atoms with Gasteiger partial charge in [0.2, 0.25) is 11.2 Å². The first-order valence-electron chi connectivity index (χ1n) is 8.71. The largest absolute Gasteiger partial charge is 0.455 e. The Bertz CT molecular complexity index is 1110. The Morgan fingerprint density at radius 1 is 1.31 bits per heavy atom. The lowest BCUT2D eigenvalue weighted by atomic mass is 10.0. The number of thiazole rings is 1. The monoisotopic (exact) mass is 410 g/mol. The average Bonchev–Trinajstić information content (AvgIpc) is 3.39. The first kappa shape index (κ1) is 18.8. The summed E-state index contributed by atoms with van der Waals surface area (Å²) in [6, 6.07) is 9.00. The topological polar surface area (TPSA) is 93.6 Å². The Kier molecular flexibility index (Phi) is 5.30. The Morgan fingerprint density at radius 3 is 2.86 bits per heavy atom. The van der Waals surface area contributed by atoms with E-state index in [9.17, 15) is 14.5 Å². The molecule has 0 saturated carbocycles. The molecule has 2 heterocycles. The molecule has 0 spiro atoms. The van der Waals surface area contributed by atoms with E-state index in [1.54, 1.807) is 42.5 Å². The van der Waals surface area contributed by atoms with E-state index in [1.165, 1.54) is 29.7 Å². The summed E-state index contributed by atoms with van der Waals surface area (Å²) in [7, 11) is 0. The van der Waals surface area contributed by atoms with Gasteiger partial charge >= 0.3 is 0 Å². The van der Waals surface area contributed by atoms with Gasteiger partial charge in [0.1, 0.15) is 17.3 Å². The Labute approximate surface area is 169 Å². The van der Waals surface area contributed by atoms with Crippen molar-refractivity contribution >= 4 is 28.3 Å². The van der Waals surface area contributed by atoms with Crippen LogP contribution in [0.25, 0.3) is 16.8 Å². The van der Waals surface area contributed by atoms with Gasteiger partial charge < -0.3 is 4.42 Å². The van der Waals surface area contributed by atoms with E-state index in [-0.39, 0.29) is 10.7 Å². The van der Waals surface area contributed by atoms with E-state index < -0.39 is 6.04 Å². The summed E-state index contributed by atoms with van der Waals surface area (Å²) < 4.78 is 18.7. The first-order chi connectivity index (χ1) is 14.1. The summed E-state index contributed by atoms with van der Waals surface area (Å²) >= 11 is 1.38. The first-order valence-corrected chi connectivity index (χ1v) is 9.59. The van der Waals surface area contributed by atoms with Crippen LogP contribution in [0, 0.1) is 15.9 Å². The van der Waals surface area contributed by atoms with Crippen LogP contribution in [0.2, 0.25) is 0 Å². The number of nitrogens with one attached hydrogen (secondary N) is 1. The van der Waals surface area contributed by atoms with E-state index in [0.29, 0.717) is 23.1 Å². The van der Waals surface area contributed by atoms with Crippen molar-refractivity contribution in [3.05, 3.63) is 87.5 Å². The molecule has 2 aromatic heterocycles. The summed E-state index contributed by atoms with van der Waals surface area (Å²) in [5.74, 6) is 0.868. The molecule has 3 aromatic rings. The number of anilines is 1. The number of benzene rings is 1. The molecule has 0 amide bonds.